The summed E-state index contributed by atoms with van der Waals surface area (Å²) in [6.45, 7) is 9.52. The van der Waals surface area contributed by atoms with Gasteiger partial charge in [-0.25, -0.2) is 8.42 Å². The molecule has 2 saturated heterocycles. The van der Waals surface area contributed by atoms with Crippen molar-refractivity contribution in [1.82, 2.24) is 20.0 Å². The molecule has 0 aliphatic carbocycles. The van der Waals surface area contributed by atoms with E-state index in [2.05, 4.69) is 24.3 Å². The highest BCUT2D eigenvalue weighted by Crippen LogP contribution is 2.27. The van der Waals surface area contributed by atoms with E-state index >= 15 is 0 Å². The van der Waals surface area contributed by atoms with Crippen molar-refractivity contribution in [1.29, 1.82) is 0 Å². The Morgan fingerprint density at radius 2 is 1.92 bits per heavy atom. The van der Waals surface area contributed by atoms with Crippen molar-refractivity contribution in [2.75, 3.05) is 24.6 Å². The molecule has 0 unspecified atom stereocenters. The van der Waals surface area contributed by atoms with Crippen LogP contribution in [0.3, 0.4) is 0 Å². The zero-order chi connectivity index (χ0) is 18.4. The number of rotatable bonds is 3. The minimum Gasteiger partial charge on any atom is -0.335 e. The Labute approximate surface area is 149 Å². The fourth-order valence-corrected chi connectivity index (χ4v) is 5.53. The molecule has 1 aromatic rings. The van der Waals surface area contributed by atoms with Crippen LogP contribution < -0.4 is 5.32 Å². The van der Waals surface area contributed by atoms with E-state index < -0.39 is 9.84 Å². The number of carbonyl (C=O) groups excluding carboxylic acids is 1. The highest BCUT2D eigenvalue weighted by molar-refractivity contribution is 7.91. The third-order valence-electron chi connectivity index (χ3n) is 4.97. The third-order valence-corrected chi connectivity index (χ3v) is 6.72. The molecule has 0 radical (unpaired) electrons. The maximum atomic E-state index is 13.1. The van der Waals surface area contributed by atoms with E-state index in [-0.39, 0.29) is 41.5 Å². The van der Waals surface area contributed by atoms with Crippen molar-refractivity contribution in [3.63, 3.8) is 0 Å². The molecule has 1 amide bonds. The molecule has 0 aromatic carbocycles. The zero-order valence-electron chi connectivity index (χ0n) is 15.4. The molecule has 0 spiro atoms. The van der Waals surface area contributed by atoms with Gasteiger partial charge >= 0.3 is 0 Å². The third kappa shape index (κ3) is 3.89. The number of nitrogens with one attached hydrogen (secondary N) is 1. The van der Waals surface area contributed by atoms with Gasteiger partial charge in [0.25, 0.3) is 5.91 Å². The average Bonchev–Trinajstić information content (AvgIpc) is 3.09. The van der Waals surface area contributed by atoms with Gasteiger partial charge in [0.15, 0.2) is 9.84 Å². The molecular formula is C17H28N4O3S. The molecular weight excluding hydrogens is 340 g/mol. The Kier molecular flexibility index (Phi) is 4.94. The summed E-state index contributed by atoms with van der Waals surface area (Å²) in [6, 6.07) is 0.348. The summed E-state index contributed by atoms with van der Waals surface area (Å²) >= 11 is 0. The molecule has 3 rings (SSSR count). The van der Waals surface area contributed by atoms with Crippen LogP contribution in [0, 0.1) is 0 Å². The predicted octanol–water partition coefficient (Wildman–Crippen LogP) is 1.19. The molecule has 0 saturated carbocycles. The number of carbonyl (C=O) groups is 1. The summed E-state index contributed by atoms with van der Waals surface area (Å²) < 4.78 is 25.3. The lowest BCUT2D eigenvalue weighted by atomic mass is 10.0. The minimum atomic E-state index is -2.99. The Morgan fingerprint density at radius 3 is 2.44 bits per heavy atom. The van der Waals surface area contributed by atoms with Gasteiger partial charge in [0, 0.05) is 31.4 Å². The molecule has 1 N–H and O–H groups in total. The van der Waals surface area contributed by atoms with Gasteiger partial charge in [-0.05, 0) is 26.2 Å². The molecule has 25 heavy (non-hydrogen) atoms. The summed E-state index contributed by atoms with van der Waals surface area (Å²) in [4.78, 5) is 15.0. The topological polar surface area (TPSA) is 84.3 Å². The second-order valence-corrected chi connectivity index (χ2v) is 10.0. The SMILES string of the molecule is CC(C)c1nn([C@H]2CCS(=O)(=O)C2)cc1C(=O)N1C[C@@H](C)N[C@@H](C)C1. The lowest BCUT2D eigenvalue weighted by molar-refractivity contribution is 0.0672. The van der Waals surface area contributed by atoms with Crippen LogP contribution in [0.15, 0.2) is 6.20 Å². The van der Waals surface area contributed by atoms with Gasteiger partial charge in [-0.15, -0.1) is 0 Å². The Bertz CT molecular complexity index is 746. The summed E-state index contributed by atoms with van der Waals surface area (Å²) in [5.41, 5.74) is 1.37. The average molecular weight is 369 g/mol. The maximum Gasteiger partial charge on any atom is 0.257 e. The van der Waals surface area contributed by atoms with Crippen LogP contribution in [-0.4, -0.2) is 65.7 Å². The molecule has 7 nitrogen and oxygen atoms in total. The number of piperazine rings is 1. The van der Waals surface area contributed by atoms with Crippen LogP contribution in [0.25, 0.3) is 0 Å². The van der Waals surface area contributed by atoms with Crippen LogP contribution >= 0.6 is 0 Å². The van der Waals surface area contributed by atoms with Gasteiger partial charge in [0.05, 0.1) is 28.8 Å². The van der Waals surface area contributed by atoms with Crippen LogP contribution in [0.4, 0.5) is 0 Å². The Hall–Kier alpha value is -1.41. The lowest BCUT2D eigenvalue weighted by Crippen LogP contribution is -2.55. The van der Waals surface area contributed by atoms with Gasteiger partial charge in [-0.3, -0.25) is 9.48 Å². The number of nitrogens with zero attached hydrogens (tertiary/aromatic N) is 3. The fourth-order valence-electron chi connectivity index (χ4n) is 3.83. The molecule has 3 atom stereocenters. The van der Waals surface area contributed by atoms with E-state index in [1.165, 1.54) is 0 Å². The van der Waals surface area contributed by atoms with Crippen molar-refractivity contribution in [2.45, 2.75) is 58.2 Å². The molecule has 0 bridgehead atoms. The normalized spacial score (nSPS) is 29.3. The van der Waals surface area contributed by atoms with Crippen LogP contribution in [-0.2, 0) is 9.84 Å². The van der Waals surface area contributed by atoms with Crippen molar-refractivity contribution in [3.8, 4) is 0 Å². The largest absolute Gasteiger partial charge is 0.335 e. The van der Waals surface area contributed by atoms with E-state index in [1.807, 2.05) is 18.7 Å². The first-order valence-corrected chi connectivity index (χ1v) is 10.8. The first-order valence-electron chi connectivity index (χ1n) is 9.01. The fraction of sp³-hybridized carbons (Fsp3) is 0.765. The van der Waals surface area contributed by atoms with Crippen LogP contribution in [0.5, 0.6) is 0 Å². The minimum absolute atomic E-state index is 0.00370. The number of hydrogen-bond donors (Lipinski definition) is 1. The number of hydrogen-bond acceptors (Lipinski definition) is 5. The van der Waals surface area contributed by atoms with Crippen molar-refractivity contribution in [2.24, 2.45) is 0 Å². The van der Waals surface area contributed by atoms with Gasteiger partial charge in [0.1, 0.15) is 0 Å². The van der Waals surface area contributed by atoms with Gasteiger partial charge in [-0.2, -0.15) is 5.10 Å². The summed E-state index contributed by atoms with van der Waals surface area (Å²) in [5, 5.41) is 8.03. The standard InChI is InChI=1S/C17H28N4O3S/c1-11(2)16-15(17(22)20-7-12(3)18-13(4)8-20)9-21(19-16)14-5-6-25(23,24)10-14/h9,11-14,18H,5-8,10H2,1-4H3/t12-,13+,14-/m0/s1. The lowest BCUT2D eigenvalue weighted by Gasteiger charge is -2.36. The quantitative estimate of drug-likeness (QED) is 0.866. The Morgan fingerprint density at radius 1 is 1.28 bits per heavy atom. The number of amides is 1. The van der Waals surface area contributed by atoms with Gasteiger partial charge < -0.3 is 10.2 Å². The Balaban J connectivity index is 1.88. The van der Waals surface area contributed by atoms with E-state index in [4.69, 9.17) is 0 Å². The molecule has 2 fully saturated rings. The molecule has 2 aliphatic heterocycles. The summed E-state index contributed by atoms with van der Waals surface area (Å²) in [7, 11) is -2.99. The van der Waals surface area contributed by atoms with E-state index in [0.717, 1.165) is 5.69 Å². The second-order valence-electron chi connectivity index (χ2n) is 7.80. The predicted molar refractivity (Wildman–Crippen MR) is 96.6 cm³/mol. The maximum absolute atomic E-state index is 13.1. The first kappa shape index (κ1) is 18.4. The van der Waals surface area contributed by atoms with E-state index in [9.17, 15) is 13.2 Å². The molecule has 8 heteroatoms. The summed E-state index contributed by atoms with van der Waals surface area (Å²) in [6.07, 6.45) is 2.33. The molecule has 140 valence electrons. The van der Waals surface area contributed by atoms with Gasteiger partial charge in [0.2, 0.25) is 0 Å². The van der Waals surface area contributed by atoms with E-state index in [0.29, 0.717) is 25.1 Å². The zero-order valence-corrected chi connectivity index (χ0v) is 16.2. The number of aromatic nitrogens is 2. The molecule has 2 aliphatic rings. The van der Waals surface area contributed by atoms with Crippen LogP contribution in [0.1, 0.15) is 62.1 Å². The van der Waals surface area contributed by atoms with E-state index in [1.54, 1.807) is 10.9 Å². The smallest absolute Gasteiger partial charge is 0.257 e. The second kappa shape index (κ2) is 6.72. The monoisotopic (exact) mass is 368 g/mol. The summed E-state index contributed by atoms with van der Waals surface area (Å²) in [5.74, 6) is 0.415. The van der Waals surface area contributed by atoms with Crippen molar-refractivity contribution in [3.05, 3.63) is 17.5 Å². The highest BCUT2D eigenvalue weighted by Gasteiger charge is 2.33. The van der Waals surface area contributed by atoms with Crippen LogP contribution in [0.2, 0.25) is 0 Å². The van der Waals surface area contributed by atoms with Gasteiger partial charge in [-0.1, -0.05) is 13.8 Å². The number of sulfone groups is 1. The first-order chi connectivity index (χ1) is 11.7. The highest BCUT2D eigenvalue weighted by atomic mass is 32.2. The van der Waals surface area contributed by atoms with Crippen molar-refractivity contribution >= 4 is 15.7 Å². The van der Waals surface area contributed by atoms with Crippen molar-refractivity contribution < 1.29 is 13.2 Å². The molecule has 1 aromatic heterocycles. The molecule has 3 heterocycles.